The average Bonchev–Trinajstić information content (AvgIpc) is 2.67. The van der Waals surface area contributed by atoms with Crippen LogP contribution in [0.1, 0.15) is 11.1 Å². The number of amides is 1. The normalized spacial score (nSPS) is 17.3. The van der Waals surface area contributed by atoms with Crippen LogP contribution in [0.5, 0.6) is 5.75 Å². The molecule has 1 aliphatic rings. The van der Waals surface area contributed by atoms with Crippen LogP contribution in [0, 0.1) is 0 Å². The number of benzene rings is 2. The van der Waals surface area contributed by atoms with Gasteiger partial charge in [-0.2, -0.15) is 0 Å². The van der Waals surface area contributed by atoms with Crippen LogP contribution in [0.3, 0.4) is 0 Å². The molecule has 150 valence electrons. The first-order valence-electron chi connectivity index (χ1n) is 9.04. The van der Waals surface area contributed by atoms with E-state index in [0.717, 1.165) is 5.56 Å². The number of carbonyl (C=O) groups is 1. The number of hydrogen-bond acceptors (Lipinski definition) is 5. The van der Waals surface area contributed by atoms with Gasteiger partial charge in [-0.1, -0.05) is 24.3 Å². The van der Waals surface area contributed by atoms with Crippen LogP contribution in [0.4, 0.5) is 0 Å². The molecule has 1 atom stereocenters. The molecule has 3 rings (SSSR count). The van der Waals surface area contributed by atoms with Gasteiger partial charge in [0.25, 0.3) is 0 Å². The van der Waals surface area contributed by atoms with Crippen LogP contribution in [-0.4, -0.2) is 56.8 Å². The number of carbonyl (C=O) groups excluding carboxylic acids is 1. The van der Waals surface area contributed by atoms with Gasteiger partial charge >= 0.3 is 0 Å². The number of rotatable bonds is 7. The summed E-state index contributed by atoms with van der Waals surface area (Å²) in [6, 6.07) is 14.0. The molecule has 2 N–H and O–H groups in total. The average molecular weight is 404 g/mol. The number of ether oxygens (including phenoxy) is 1. The highest BCUT2D eigenvalue weighted by Gasteiger charge is 2.29. The van der Waals surface area contributed by atoms with E-state index in [0.29, 0.717) is 31.9 Å². The van der Waals surface area contributed by atoms with Crippen molar-refractivity contribution in [2.75, 3.05) is 27.2 Å². The van der Waals surface area contributed by atoms with E-state index in [1.54, 1.807) is 12.1 Å². The first-order chi connectivity index (χ1) is 13.3. The molecule has 0 saturated carbocycles. The van der Waals surface area contributed by atoms with Gasteiger partial charge in [0.05, 0.1) is 10.9 Å². The van der Waals surface area contributed by atoms with Crippen molar-refractivity contribution in [1.82, 2.24) is 9.21 Å². The van der Waals surface area contributed by atoms with Crippen LogP contribution in [0.15, 0.2) is 53.4 Å². The van der Waals surface area contributed by atoms with E-state index in [2.05, 4.69) is 6.07 Å². The molecule has 8 heteroatoms. The SMILES string of the molecule is CN(C)S(=O)(=O)c1ccc(OCCN2Cc3ccccc3CC2C(N)=O)cc1. The van der Waals surface area contributed by atoms with Crippen molar-refractivity contribution in [2.45, 2.75) is 23.9 Å². The molecule has 0 radical (unpaired) electrons. The molecule has 2 aromatic carbocycles. The molecule has 0 saturated heterocycles. The lowest BCUT2D eigenvalue weighted by atomic mass is 9.93. The molecule has 1 heterocycles. The minimum absolute atomic E-state index is 0.214. The summed E-state index contributed by atoms with van der Waals surface area (Å²) >= 11 is 0. The van der Waals surface area contributed by atoms with Crippen molar-refractivity contribution in [1.29, 1.82) is 0 Å². The molecule has 28 heavy (non-hydrogen) atoms. The standard InChI is InChI=1S/C20H25N3O4S/c1-22(2)28(25,26)18-9-7-17(8-10-18)27-12-11-23-14-16-6-4-3-5-15(16)13-19(23)20(21)24/h3-10,19H,11-14H2,1-2H3,(H2,21,24). The van der Waals surface area contributed by atoms with Crippen molar-refractivity contribution in [3.63, 3.8) is 0 Å². The molecule has 7 nitrogen and oxygen atoms in total. The number of hydrogen-bond donors (Lipinski definition) is 1. The Morgan fingerprint density at radius 3 is 2.39 bits per heavy atom. The zero-order chi connectivity index (χ0) is 20.3. The summed E-state index contributed by atoms with van der Waals surface area (Å²) in [5, 5.41) is 0. The van der Waals surface area contributed by atoms with Crippen molar-refractivity contribution < 1.29 is 17.9 Å². The van der Waals surface area contributed by atoms with E-state index in [9.17, 15) is 13.2 Å². The lowest BCUT2D eigenvalue weighted by molar-refractivity contribution is -0.123. The number of sulfonamides is 1. The smallest absolute Gasteiger partial charge is 0.242 e. The van der Waals surface area contributed by atoms with E-state index < -0.39 is 10.0 Å². The molecule has 2 aromatic rings. The van der Waals surface area contributed by atoms with Crippen molar-refractivity contribution in [3.05, 3.63) is 59.7 Å². The van der Waals surface area contributed by atoms with Gasteiger partial charge in [0.15, 0.2) is 0 Å². The molecule has 1 unspecified atom stereocenters. The van der Waals surface area contributed by atoms with Crippen molar-refractivity contribution in [2.24, 2.45) is 5.73 Å². The Balaban J connectivity index is 1.62. The van der Waals surface area contributed by atoms with Crippen LogP contribution < -0.4 is 10.5 Å². The lowest BCUT2D eigenvalue weighted by Gasteiger charge is -2.34. The summed E-state index contributed by atoms with van der Waals surface area (Å²) in [6.07, 6.45) is 0.600. The molecule has 0 spiro atoms. The van der Waals surface area contributed by atoms with Gasteiger partial charge in [-0.05, 0) is 41.8 Å². The number of nitrogens with two attached hydrogens (primary N) is 1. The largest absolute Gasteiger partial charge is 0.492 e. The molecule has 0 aliphatic carbocycles. The van der Waals surface area contributed by atoms with E-state index in [4.69, 9.17) is 10.5 Å². The first kappa shape index (κ1) is 20.3. The minimum Gasteiger partial charge on any atom is -0.492 e. The number of primary amides is 1. The summed E-state index contributed by atoms with van der Waals surface area (Å²) in [5.74, 6) is 0.235. The molecule has 0 fully saturated rings. The predicted molar refractivity (Wildman–Crippen MR) is 106 cm³/mol. The van der Waals surface area contributed by atoms with E-state index in [-0.39, 0.29) is 16.8 Å². The quantitative estimate of drug-likeness (QED) is 0.751. The van der Waals surface area contributed by atoms with E-state index in [1.807, 2.05) is 23.1 Å². The van der Waals surface area contributed by atoms with Crippen molar-refractivity contribution in [3.8, 4) is 5.75 Å². The fourth-order valence-electron chi connectivity index (χ4n) is 3.29. The summed E-state index contributed by atoms with van der Waals surface area (Å²) in [4.78, 5) is 14.1. The second kappa shape index (κ2) is 8.30. The third kappa shape index (κ3) is 4.35. The fourth-order valence-corrected chi connectivity index (χ4v) is 4.19. The van der Waals surface area contributed by atoms with E-state index in [1.165, 1.54) is 36.1 Å². The Hall–Kier alpha value is -2.42. The third-order valence-corrected chi connectivity index (χ3v) is 6.75. The number of fused-ring (bicyclic) bond motifs is 1. The third-order valence-electron chi connectivity index (χ3n) is 4.92. The van der Waals surface area contributed by atoms with Crippen LogP contribution in [0.2, 0.25) is 0 Å². The second-order valence-corrected chi connectivity index (χ2v) is 9.12. The fraction of sp³-hybridized carbons (Fsp3) is 0.350. The zero-order valence-electron chi connectivity index (χ0n) is 16.0. The maximum atomic E-state index is 12.1. The Labute approximate surface area is 165 Å². The summed E-state index contributed by atoms with van der Waals surface area (Å²) in [5.41, 5.74) is 7.94. The maximum absolute atomic E-state index is 12.1. The van der Waals surface area contributed by atoms with Gasteiger partial charge in [0.2, 0.25) is 15.9 Å². The number of nitrogens with zero attached hydrogens (tertiary/aromatic N) is 2. The Bertz CT molecular complexity index is 942. The highest BCUT2D eigenvalue weighted by Crippen LogP contribution is 2.23. The first-order valence-corrected chi connectivity index (χ1v) is 10.5. The van der Waals surface area contributed by atoms with Gasteiger partial charge in [-0.3, -0.25) is 9.69 Å². The summed E-state index contributed by atoms with van der Waals surface area (Å²) in [6.45, 7) is 1.55. The zero-order valence-corrected chi connectivity index (χ0v) is 16.9. The van der Waals surface area contributed by atoms with Gasteiger partial charge in [0, 0.05) is 27.2 Å². The Morgan fingerprint density at radius 2 is 1.79 bits per heavy atom. The molecule has 0 bridgehead atoms. The van der Waals surface area contributed by atoms with Crippen LogP contribution in [0.25, 0.3) is 0 Å². The monoisotopic (exact) mass is 403 g/mol. The maximum Gasteiger partial charge on any atom is 0.242 e. The summed E-state index contributed by atoms with van der Waals surface area (Å²) in [7, 11) is -0.475. The molecular formula is C20H25N3O4S. The topological polar surface area (TPSA) is 92.9 Å². The van der Waals surface area contributed by atoms with Gasteiger partial charge in [0.1, 0.15) is 12.4 Å². The van der Waals surface area contributed by atoms with Gasteiger partial charge < -0.3 is 10.5 Å². The Morgan fingerprint density at radius 1 is 1.14 bits per heavy atom. The molecule has 0 aromatic heterocycles. The predicted octanol–water partition coefficient (Wildman–Crippen LogP) is 1.23. The Kier molecular flexibility index (Phi) is 6.02. The summed E-state index contributed by atoms with van der Waals surface area (Å²) < 4.78 is 31.1. The highest BCUT2D eigenvalue weighted by atomic mass is 32.2. The van der Waals surface area contributed by atoms with Crippen LogP contribution >= 0.6 is 0 Å². The van der Waals surface area contributed by atoms with Gasteiger partial charge in [-0.25, -0.2) is 12.7 Å². The lowest BCUT2D eigenvalue weighted by Crippen LogP contribution is -2.49. The molecule has 1 amide bonds. The van der Waals surface area contributed by atoms with Gasteiger partial charge in [-0.15, -0.1) is 0 Å². The molecule has 1 aliphatic heterocycles. The van der Waals surface area contributed by atoms with Crippen molar-refractivity contribution >= 4 is 15.9 Å². The minimum atomic E-state index is -3.46. The van der Waals surface area contributed by atoms with E-state index >= 15 is 0 Å². The highest BCUT2D eigenvalue weighted by molar-refractivity contribution is 7.89. The van der Waals surface area contributed by atoms with Crippen LogP contribution in [-0.2, 0) is 27.8 Å². The second-order valence-electron chi connectivity index (χ2n) is 6.97. The molecular weight excluding hydrogens is 378 g/mol.